The highest BCUT2D eigenvalue weighted by molar-refractivity contribution is 8.14. The second-order valence-corrected chi connectivity index (χ2v) is 7.23. The molecule has 2 rings (SSSR count). The zero-order valence-corrected chi connectivity index (χ0v) is 13.0. The lowest BCUT2D eigenvalue weighted by Gasteiger charge is -2.35. The molecule has 18 heavy (non-hydrogen) atoms. The van der Waals surface area contributed by atoms with Gasteiger partial charge >= 0.3 is 0 Å². The van der Waals surface area contributed by atoms with E-state index in [0.717, 1.165) is 5.92 Å². The van der Waals surface area contributed by atoms with Gasteiger partial charge in [0.15, 0.2) is 5.17 Å². The van der Waals surface area contributed by atoms with Crippen molar-refractivity contribution >= 4 is 16.9 Å². The maximum absolute atomic E-state index is 4.82. The Kier molecular flexibility index (Phi) is 4.96. The molecule has 0 saturated carbocycles. The van der Waals surface area contributed by atoms with Crippen molar-refractivity contribution in [3.63, 3.8) is 0 Å². The van der Waals surface area contributed by atoms with Crippen LogP contribution in [0.4, 0.5) is 0 Å². The van der Waals surface area contributed by atoms with Crippen molar-refractivity contribution in [2.75, 3.05) is 19.3 Å². The first-order chi connectivity index (χ1) is 8.54. The van der Waals surface area contributed by atoms with Crippen LogP contribution in [0.5, 0.6) is 0 Å². The third-order valence-electron chi connectivity index (χ3n) is 3.99. The molecule has 0 radical (unpaired) electrons. The molecule has 0 bridgehead atoms. The Morgan fingerprint density at radius 3 is 2.94 bits per heavy atom. The van der Waals surface area contributed by atoms with Gasteiger partial charge in [-0.2, -0.15) is 0 Å². The number of thioether (sulfide) groups is 1. The molecule has 104 valence electrons. The molecule has 3 nitrogen and oxygen atoms in total. The summed E-state index contributed by atoms with van der Waals surface area (Å²) in [5, 5.41) is 4.85. The average Bonchev–Trinajstić information content (AvgIpc) is 2.70. The van der Waals surface area contributed by atoms with Crippen molar-refractivity contribution in [2.24, 2.45) is 10.9 Å². The van der Waals surface area contributed by atoms with E-state index >= 15 is 0 Å². The maximum atomic E-state index is 4.82. The number of aliphatic imine (C=N–C) groups is 1. The summed E-state index contributed by atoms with van der Waals surface area (Å²) < 4.78 is 0. The monoisotopic (exact) mass is 269 g/mol. The predicted octanol–water partition coefficient (Wildman–Crippen LogP) is 2.58. The topological polar surface area (TPSA) is 27.6 Å². The summed E-state index contributed by atoms with van der Waals surface area (Å²) >= 11 is 1.91. The second-order valence-electron chi connectivity index (χ2n) is 6.22. The van der Waals surface area contributed by atoms with E-state index in [4.69, 9.17) is 4.99 Å². The minimum absolute atomic E-state index is 0.543. The Hall–Kier alpha value is -0.220. The van der Waals surface area contributed by atoms with Crippen LogP contribution in [-0.2, 0) is 0 Å². The number of likely N-dealkylation sites (tertiary alicyclic amines) is 1. The SMILES string of the molecule is CC(C)CC1CSC(NC2CCN(C)C(C)C2)=N1. The van der Waals surface area contributed by atoms with Crippen LogP contribution in [0.2, 0.25) is 0 Å². The van der Waals surface area contributed by atoms with Gasteiger partial charge in [0.25, 0.3) is 0 Å². The van der Waals surface area contributed by atoms with Gasteiger partial charge in [0.2, 0.25) is 0 Å². The van der Waals surface area contributed by atoms with E-state index in [0.29, 0.717) is 18.1 Å². The van der Waals surface area contributed by atoms with Crippen molar-refractivity contribution in [3.8, 4) is 0 Å². The van der Waals surface area contributed by atoms with Gasteiger partial charge in [-0.1, -0.05) is 25.6 Å². The second kappa shape index (κ2) is 6.29. The molecule has 3 atom stereocenters. The third-order valence-corrected chi connectivity index (χ3v) is 5.04. The molecule has 0 spiro atoms. The summed E-state index contributed by atoms with van der Waals surface area (Å²) in [6.07, 6.45) is 3.71. The summed E-state index contributed by atoms with van der Waals surface area (Å²) in [7, 11) is 2.22. The van der Waals surface area contributed by atoms with Crippen LogP contribution in [0, 0.1) is 5.92 Å². The minimum atomic E-state index is 0.543. The maximum Gasteiger partial charge on any atom is 0.157 e. The van der Waals surface area contributed by atoms with Crippen LogP contribution >= 0.6 is 11.8 Å². The van der Waals surface area contributed by atoms with Crippen molar-refractivity contribution in [2.45, 2.75) is 58.2 Å². The molecule has 2 aliphatic rings. The van der Waals surface area contributed by atoms with E-state index in [-0.39, 0.29) is 0 Å². The third kappa shape index (κ3) is 3.89. The standard InChI is InChI=1S/C14H27N3S/c1-10(2)7-13-9-18-14(16-13)15-12-5-6-17(4)11(3)8-12/h10-13H,5-9H2,1-4H3,(H,15,16). The highest BCUT2D eigenvalue weighted by Gasteiger charge is 2.26. The molecule has 0 aromatic carbocycles. The van der Waals surface area contributed by atoms with Gasteiger partial charge in [-0.05, 0) is 39.2 Å². The zero-order chi connectivity index (χ0) is 13.1. The number of hydrogen-bond donors (Lipinski definition) is 1. The van der Waals surface area contributed by atoms with Crippen molar-refractivity contribution in [1.82, 2.24) is 10.2 Å². The Balaban J connectivity index is 1.80. The number of piperidine rings is 1. The molecule has 3 unspecified atom stereocenters. The number of nitrogens with zero attached hydrogens (tertiary/aromatic N) is 2. The largest absolute Gasteiger partial charge is 0.362 e. The molecule has 0 aromatic heterocycles. The number of nitrogens with one attached hydrogen (secondary N) is 1. The van der Waals surface area contributed by atoms with Crippen molar-refractivity contribution in [1.29, 1.82) is 0 Å². The van der Waals surface area contributed by atoms with E-state index in [1.807, 2.05) is 11.8 Å². The summed E-state index contributed by atoms with van der Waals surface area (Å²) in [5.74, 6) is 1.92. The Labute approximate surface area is 116 Å². The molecular weight excluding hydrogens is 242 g/mol. The van der Waals surface area contributed by atoms with Gasteiger partial charge in [-0.15, -0.1) is 0 Å². The van der Waals surface area contributed by atoms with Crippen LogP contribution in [0.25, 0.3) is 0 Å². The van der Waals surface area contributed by atoms with E-state index in [1.165, 1.54) is 36.7 Å². The Morgan fingerprint density at radius 2 is 2.28 bits per heavy atom. The molecule has 4 heteroatoms. The van der Waals surface area contributed by atoms with Gasteiger partial charge < -0.3 is 10.2 Å². The number of hydrogen-bond acceptors (Lipinski definition) is 4. The molecule has 1 N–H and O–H groups in total. The molecular formula is C14H27N3S. The fraction of sp³-hybridized carbons (Fsp3) is 0.929. The Bertz CT molecular complexity index is 303. The van der Waals surface area contributed by atoms with Gasteiger partial charge in [0.1, 0.15) is 0 Å². The first kappa shape index (κ1) is 14.2. The number of rotatable bonds is 3. The Morgan fingerprint density at radius 1 is 1.50 bits per heavy atom. The highest BCUT2D eigenvalue weighted by atomic mass is 32.2. The zero-order valence-electron chi connectivity index (χ0n) is 12.1. The van der Waals surface area contributed by atoms with Gasteiger partial charge in [-0.3, -0.25) is 4.99 Å². The summed E-state index contributed by atoms with van der Waals surface area (Å²) in [5.41, 5.74) is 0. The lowest BCUT2D eigenvalue weighted by atomic mass is 9.99. The lowest BCUT2D eigenvalue weighted by Crippen LogP contribution is -2.46. The summed E-state index contributed by atoms with van der Waals surface area (Å²) in [6, 6.07) is 1.86. The van der Waals surface area contributed by atoms with E-state index in [1.54, 1.807) is 0 Å². The van der Waals surface area contributed by atoms with Crippen LogP contribution in [0.1, 0.15) is 40.0 Å². The molecule has 1 saturated heterocycles. The van der Waals surface area contributed by atoms with Gasteiger partial charge in [0.05, 0.1) is 6.04 Å². The normalized spacial score (nSPS) is 33.8. The van der Waals surface area contributed by atoms with Crippen molar-refractivity contribution < 1.29 is 0 Å². The van der Waals surface area contributed by atoms with Crippen LogP contribution < -0.4 is 5.32 Å². The van der Waals surface area contributed by atoms with E-state index in [2.05, 4.69) is 38.0 Å². The van der Waals surface area contributed by atoms with Crippen molar-refractivity contribution in [3.05, 3.63) is 0 Å². The first-order valence-electron chi connectivity index (χ1n) is 7.22. The first-order valence-corrected chi connectivity index (χ1v) is 8.20. The predicted molar refractivity (Wildman–Crippen MR) is 81.4 cm³/mol. The van der Waals surface area contributed by atoms with Crippen LogP contribution in [-0.4, -0.2) is 47.5 Å². The highest BCUT2D eigenvalue weighted by Crippen LogP contribution is 2.23. The van der Waals surface area contributed by atoms with Crippen LogP contribution in [0.3, 0.4) is 0 Å². The number of amidine groups is 1. The summed E-state index contributed by atoms with van der Waals surface area (Å²) in [6.45, 7) is 8.08. The molecule has 0 aliphatic carbocycles. The average molecular weight is 269 g/mol. The smallest absolute Gasteiger partial charge is 0.157 e. The van der Waals surface area contributed by atoms with Gasteiger partial charge in [-0.25, -0.2) is 0 Å². The van der Waals surface area contributed by atoms with E-state index < -0.39 is 0 Å². The lowest BCUT2D eigenvalue weighted by molar-refractivity contribution is 0.177. The molecule has 2 aliphatic heterocycles. The fourth-order valence-corrected chi connectivity index (χ4v) is 3.79. The summed E-state index contributed by atoms with van der Waals surface area (Å²) in [4.78, 5) is 7.27. The molecule has 0 amide bonds. The van der Waals surface area contributed by atoms with E-state index in [9.17, 15) is 0 Å². The fourth-order valence-electron chi connectivity index (χ4n) is 2.75. The quantitative estimate of drug-likeness (QED) is 0.853. The van der Waals surface area contributed by atoms with Gasteiger partial charge in [0, 0.05) is 24.4 Å². The van der Waals surface area contributed by atoms with Crippen LogP contribution in [0.15, 0.2) is 4.99 Å². The minimum Gasteiger partial charge on any atom is -0.362 e. The molecule has 2 heterocycles. The molecule has 0 aromatic rings. The molecule has 1 fully saturated rings.